The monoisotopic (exact) mass is 522 g/mol. The van der Waals surface area contributed by atoms with Gasteiger partial charge in [0.2, 0.25) is 0 Å². The lowest BCUT2D eigenvalue weighted by Crippen LogP contribution is -2.34. The van der Waals surface area contributed by atoms with E-state index in [1.807, 2.05) is 67.6 Å². The van der Waals surface area contributed by atoms with E-state index in [1.165, 1.54) is 0 Å². The molecular formula is C28H27ClN2O6. The topological polar surface area (TPSA) is 106 Å². The van der Waals surface area contributed by atoms with E-state index in [9.17, 15) is 5.11 Å². The Bertz CT molecular complexity index is 1390. The number of pyridine rings is 1. The summed E-state index contributed by atoms with van der Waals surface area (Å²) in [5.74, 6) is 1.26. The molecule has 6 rings (SSSR count). The van der Waals surface area contributed by atoms with Crippen molar-refractivity contribution < 1.29 is 29.2 Å². The van der Waals surface area contributed by atoms with Gasteiger partial charge in [-0.25, -0.2) is 4.98 Å². The Labute approximate surface area is 218 Å². The maximum absolute atomic E-state index is 9.95. The fourth-order valence-electron chi connectivity index (χ4n) is 4.80. The largest absolute Gasteiger partial charge is 0.488 e. The summed E-state index contributed by atoms with van der Waals surface area (Å²) in [6.45, 7) is 2.40. The number of benzene rings is 2. The number of H-pyrrole nitrogens is 1. The number of nitrogens with one attached hydrogen (secondary N) is 1. The quantitative estimate of drug-likeness (QED) is 0.334. The average molecular weight is 523 g/mol. The first-order valence-corrected chi connectivity index (χ1v) is 12.6. The number of aromatic amines is 1. The summed E-state index contributed by atoms with van der Waals surface area (Å²) in [5, 5.41) is 19.6. The number of fused-ring (bicyclic) bond motifs is 2. The molecule has 8 nitrogen and oxygen atoms in total. The zero-order valence-electron chi connectivity index (χ0n) is 20.1. The predicted molar refractivity (Wildman–Crippen MR) is 139 cm³/mol. The molecule has 0 amide bonds. The molecule has 3 N–H and O–H groups in total. The van der Waals surface area contributed by atoms with E-state index in [0.717, 1.165) is 33.5 Å². The summed E-state index contributed by atoms with van der Waals surface area (Å²) in [6.07, 6.45) is -1.82. The van der Waals surface area contributed by atoms with Crippen molar-refractivity contribution in [2.75, 3.05) is 19.8 Å². The molecule has 37 heavy (non-hydrogen) atoms. The zero-order chi connectivity index (χ0) is 25.5. The van der Waals surface area contributed by atoms with Crippen molar-refractivity contribution in [2.24, 2.45) is 0 Å². The molecule has 4 heterocycles. The van der Waals surface area contributed by atoms with Crippen molar-refractivity contribution in [3.05, 3.63) is 65.7 Å². The number of ether oxygens (including phenoxy) is 4. The highest BCUT2D eigenvalue weighted by molar-refractivity contribution is 6.33. The summed E-state index contributed by atoms with van der Waals surface area (Å²) in [4.78, 5) is 8.00. The summed E-state index contributed by atoms with van der Waals surface area (Å²) in [5.41, 5.74) is 5.18. The van der Waals surface area contributed by atoms with E-state index in [0.29, 0.717) is 23.2 Å². The standard InChI is InChI=1S/C28H27ClN2O6/c1-15(12-32)36-19-8-6-17(7-9-19)16-2-4-18(5-3-16)26-20(29)10-21-22(31-26)11-25(30-21)37-24-14-35-27-23(33)13-34-28(24)27/h2-11,15,23-24,27-28,30,32-33H,12-14H2,1H3/t15?,23-,24-,27-,28-/m1/s1. The SMILES string of the molecule is CC(CO)Oc1ccc(-c2ccc(-c3nc4cc(O[C@@H]5CO[C@H]6[C@@H]5OC[C@H]6O)[nH]c4cc3Cl)cc2)cc1. The molecule has 0 spiro atoms. The summed E-state index contributed by atoms with van der Waals surface area (Å²) in [7, 11) is 0. The highest BCUT2D eigenvalue weighted by Crippen LogP contribution is 2.34. The van der Waals surface area contributed by atoms with Crippen molar-refractivity contribution in [2.45, 2.75) is 37.4 Å². The minimum absolute atomic E-state index is 0.0287. The first-order valence-electron chi connectivity index (χ1n) is 12.2. The van der Waals surface area contributed by atoms with Crippen LogP contribution in [0.1, 0.15) is 6.92 Å². The molecule has 0 saturated carbocycles. The summed E-state index contributed by atoms with van der Waals surface area (Å²) in [6, 6.07) is 19.5. The van der Waals surface area contributed by atoms with Crippen LogP contribution in [0.3, 0.4) is 0 Å². The maximum atomic E-state index is 9.95. The second-order valence-electron chi connectivity index (χ2n) is 9.42. The lowest BCUT2D eigenvalue weighted by atomic mass is 10.0. The van der Waals surface area contributed by atoms with E-state index >= 15 is 0 Å². The van der Waals surface area contributed by atoms with Gasteiger partial charge < -0.3 is 34.1 Å². The molecule has 9 heteroatoms. The van der Waals surface area contributed by atoms with Gasteiger partial charge in [0.15, 0.2) is 12.0 Å². The number of hydrogen-bond donors (Lipinski definition) is 3. The van der Waals surface area contributed by atoms with Gasteiger partial charge >= 0.3 is 0 Å². The number of aliphatic hydroxyl groups excluding tert-OH is 2. The van der Waals surface area contributed by atoms with Crippen molar-refractivity contribution in [1.82, 2.24) is 9.97 Å². The first-order chi connectivity index (χ1) is 18.0. The number of aliphatic hydroxyl groups is 2. The first kappa shape index (κ1) is 24.2. The highest BCUT2D eigenvalue weighted by Gasteiger charge is 2.48. The van der Waals surface area contributed by atoms with E-state index in [4.69, 9.17) is 40.6 Å². The van der Waals surface area contributed by atoms with Crippen molar-refractivity contribution in [3.8, 4) is 34.0 Å². The van der Waals surface area contributed by atoms with E-state index in [1.54, 1.807) is 0 Å². The molecule has 2 aromatic carbocycles. The Balaban J connectivity index is 1.19. The van der Waals surface area contributed by atoms with Crippen molar-refractivity contribution >= 4 is 22.6 Å². The van der Waals surface area contributed by atoms with Crippen LogP contribution >= 0.6 is 11.6 Å². The van der Waals surface area contributed by atoms with Gasteiger partial charge in [0.25, 0.3) is 0 Å². The Morgan fingerprint density at radius 1 is 1.00 bits per heavy atom. The number of rotatable bonds is 7. The molecule has 192 valence electrons. The zero-order valence-corrected chi connectivity index (χ0v) is 20.9. The molecule has 0 aliphatic carbocycles. The Kier molecular flexibility index (Phi) is 6.52. The van der Waals surface area contributed by atoms with Crippen LogP contribution in [0.4, 0.5) is 0 Å². The number of hydrogen-bond acceptors (Lipinski definition) is 7. The van der Waals surface area contributed by atoms with Gasteiger partial charge in [0.05, 0.1) is 41.6 Å². The van der Waals surface area contributed by atoms with Crippen LogP contribution in [-0.4, -0.2) is 70.5 Å². The molecule has 2 fully saturated rings. The lowest BCUT2D eigenvalue weighted by molar-refractivity contribution is 0.00794. The molecular weight excluding hydrogens is 496 g/mol. The number of aromatic nitrogens is 2. The van der Waals surface area contributed by atoms with Gasteiger partial charge in [-0.05, 0) is 36.2 Å². The maximum Gasteiger partial charge on any atom is 0.193 e. The third-order valence-corrected chi connectivity index (χ3v) is 7.02. The van der Waals surface area contributed by atoms with Crippen molar-refractivity contribution in [3.63, 3.8) is 0 Å². The van der Waals surface area contributed by atoms with Crippen molar-refractivity contribution in [1.29, 1.82) is 0 Å². The molecule has 2 aromatic heterocycles. The van der Waals surface area contributed by atoms with Gasteiger partial charge in [-0.3, -0.25) is 0 Å². The summed E-state index contributed by atoms with van der Waals surface area (Å²) < 4.78 is 23.0. The van der Waals surface area contributed by atoms with Crippen LogP contribution in [0.5, 0.6) is 11.6 Å². The minimum Gasteiger partial charge on any atom is -0.488 e. The van der Waals surface area contributed by atoms with Crippen LogP contribution in [0.25, 0.3) is 33.4 Å². The molecule has 0 bridgehead atoms. The fraction of sp³-hybridized carbons (Fsp3) is 0.321. The van der Waals surface area contributed by atoms with Gasteiger partial charge in [-0.15, -0.1) is 0 Å². The van der Waals surface area contributed by atoms with Gasteiger partial charge in [-0.2, -0.15) is 0 Å². The Morgan fingerprint density at radius 3 is 2.41 bits per heavy atom. The van der Waals surface area contributed by atoms with Crippen LogP contribution in [0.15, 0.2) is 60.7 Å². The molecule has 4 aromatic rings. The normalized spacial score (nSPS) is 23.8. The fourth-order valence-corrected chi connectivity index (χ4v) is 5.06. The van der Waals surface area contributed by atoms with Gasteiger partial charge in [0, 0.05) is 11.6 Å². The van der Waals surface area contributed by atoms with Crippen LogP contribution in [0, 0.1) is 0 Å². The molecule has 2 aliphatic heterocycles. The van der Waals surface area contributed by atoms with E-state index < -0.39 is 6.10 Å². The molecule has 2 saturated heterocycles. The third kappa shape index (κ3) is 4.79. The lowest BCUT2D eigenvalue weighted by Gasteiger charge is -2.16. The third-order valence-electron chi connectivity index (χ3n) is 6.73. The Hall–Kier alpha value is -3.14. The molecule has 1 unspecified atom stereocenters. The Morgan fingerprint density at radius 2 is 1.68 bits per heavy atom. The van der Waals surface area contributed by atoms with E-state index in [2.05, 4.69) is 4.98 Å². The van der Waals surface area contributed by atoms with Crippen LogP contribution < -0.4 is 9.47 Å². The molecule has 2 aliphatic rings. The van der Waals surface area contributed by atoms with Crippen LogP contribution in [-0.2, 0) is 9.47 Å². The van der Waals surface area contributed by atoms with Gasteiger partial charge in [-0.1, -0.05) is 48.0 Å². The predicted octanol–water partition coefficient (Wildman–Crippen LogP) is 4.22. The van der Waals surface area contributed by atoms with Gasteiger partial charge in [0.1, 0.15) is 30.2 Å². The smallest absolute Gasteiger partial charge is 0.193 e. The summed E-state index contributed by atoms with van der Waals surface area (Å²) >= 11 is 6.61. The second-order valence-corrected chi connectivity index (χ2v) is 9.82. The minimum atomic E-state index is -0.621. The average Bonchev–Trinajstić information content (AvgIpc) is 3.60. The number of halogens is 1. The highest BCUT2D eigenvalue weighted by atomic mass is 35.5. The van der Waals surface area contributed by atoms with Crippen LogP contribution in [0.2, 0.25) is 5.02 Å². The molecule has 0 radical (unpaired) electrons. The second kappa shape index (κ2) is 9.96. The van der Waals surface area contributed by atoms with E-state index in [-0.39, 0.29) is 37.6 Å². The molecule has 5 atom stereocenters. The number of nitrogens with zero attached hydrogens (tertiary/aromatic N) is 1.